The van der Waals surface area contributed by atoms with Crippen molar-refractivity contribution in [3.63, 3.8) is 0 Å². The van der Waals surface area contributed by atoms with Gasteiger partial charge >= 0.3 is 5.97 Å². The van der Waals surface area contributed by atoms with Crippen LogP contribution in [0.5, 0.6) is 0 Å². The van der Waals surface area contributed by atoms with Crippen molar-refractivity contribution in [1.82, 2.24) is 4.98 Å². The highest BCUT2D eigenvalue weighted by atomic mass is 35.5. The summed E-state index contributed by atoms with van der Waals surface area (Å²) in [4.78, 5) is 25.2. The Labute approximate surface area is 108 Å². The molecule has 0 amide bonds. The molecule has 0 atom stereocenters. The number of benzene rings is 1. The Bertz CT molecular complexity index is 676. The molecule has 1 aromatic heterocycles. The largest absolute Gasteiger partial charge is 0.481 e. The average molecular weight is 266 g/mol. The smallest absolute Gasteiger partial charge is 0.303 e. The maximum absolute atomic E-state index is 11.9. The standard InChI is InChI=1S/C13H12ClNO3/c1-7-8-3-2-4-10(14)12(8)15-13(18)9(7)5-6-11(16)17/h2-4H,5-6H2,1H3,(H,15,18)(H,16,17). The number of para-hydroxylation sites is 1. The van der Waals surface area contributed by atoms with Gasteiger partial charge in [-0.25, -0.2) is 0 Å². The summed E-state index contributed by atoms with van der Waals surface area (Å²) in [6, 6.07) is 5.36. The van der Waals surface area contributed by atoms with Crippen LogP contribution in [0.2, 0.25) is 5.02 Å². The molecule has 0 aliphatic rings. The number of hydrogen-bond donors (Lipinski definition) is 2. The summed E-state index contributed by atoms with van der Waals surface area (Å²) >= 11 is 6.02. The second-order valence-electron chi connectivity index (χ2n) is 4.11. The van der Waals surface area contributed by atoms with Crippen LogP contribution in [0.25, 0.3) is 10.9 Å². The van der Waals surface area contributed by atoms with E-state index >= 15 is 0 Å². The molecule has 18 heavy (non-hydrogen) atoms. The summed E-state index contributed by atoms with van der Waals surface area (Å²) in [6.07, 6.45) is 0.162. The van der Waals surface area contributed by atoms with Gasteiger partial charge in [0.05, 0.1) is 10.5 Å². The quantitative estimate of drug-likeness (QED) is 0.896. The van der Waals surface area contributed by atoms with Crippen molar-refractivity contribution in [3.05, 3.63) is 44.7 Å². The summed E-state index contributed by atoms with van der Waals surface area (Å²) in [5.74, 6) is -0.917. The van der Waals surface area contributed by atoms with Gasteiger partial charge in [-0.15, -0.1) is 0 Å². The molecule has 5 heteroatoms. The molecule has 0 saturated heterocycles. The summed E-state index contributed by atoms with van der Waals surface area (Å²) in [6.45, 7) is 1.81. The van der Waals surface area contributed by atoms with Crippen LogP contribution in [0.4, 0.5) is 0 Å². The van der Waals surface area contributed by atoms with Crippen molar-refractivity contribution in [2.75, 3.05) is 0 Å². The van der Waals surface area contributed by atoms with Crippen LogP contribution in [0.3, 0.4) is 0 Å². The number of aryl methyl sites for hydroxylation is 1. The number of nitrogens with one attached hydrogen (secondary N) is 1. The lowest BCUT2D eigenvalue weighted by molar-refractivity contribution is -0.136. The van der Waals surface area contributed by atoms with Crippen molar-refractivity contribution in [1.29, 1.82) is 0 Å². The SMILES string of the molecule is Cc1c(CCC(=O)O)c(=O)[nH]c2c(Cl)cccc12. The van der Waals surface area contributed by atoms with Crippen molar-refractivity contribution < 1.29 is 9.90 Å². The third kappa shape index (κ3) is 2.24. The highest BCUT2D eigenvalue weighted by molar-refractivity contribution is 6.35. The monoisotopic (exact) mass is 265 g/mol. The topological polar surface area (TPSA) is 70.2 Å². The Kier molecular flexibility index (Phi) is 3.39. The lowest BCUT2D eigenvalue weighted by Crippen LogP contribution is -2.16. The molecule has 94 valence electrons. The minimum absolute atomic E-state index is 0.0595. The van der Waals surface area contributed by atoms with Crippen molar-refractivity contribution in [2.45, 2.75) is 19.8 Å². The minimum atomic E-state index is -0.917. The molecule has 2 rings (SSSR count). The molecular weight excluding hydrogens is 254 g/mol. The lowest BCUT2D eigenvalue weighted by atomic mass is 10.0. The number of fused-ring (bicyclic) bond motifs is 1. The zero-order chi connectivity index (χ0) is 13.3. The lowest BCUT2D eigenvalue weighted by Gasteiger charge is -2.08. The second kappa shape index (κ2) is 4.82. The molecule has 4 nitrogen and oxygen atoms in total. The van der Waals surface area contributed by atoms with E-state index in [0.29, 0.717) is 16.1 Å². The molecule has 0 aliphatic carbocycles. The maximum Gasteiger partial charge on any atom is 0.303 e. The van der Waals surface area contributed by atoms with E-state index in [1.165, 1.54) is 0 Å². The molecule has 2 aromatic rings. The Balaban J connectivity index is 2.62. The first kappa shape index (κ1) is 12.6. The first-order chi connectivity index (χ1) is 8.50. The van der Waals surface area contributed by atoms with Crippen LogP contribution in [0.15, 0.2) is 23.0 Å². The number of carbonyl (C=O) groups is 1. The summed E-state index contributed by atoms with van der Waals surface area (Å²) < 4.78 is 0. The van der Waals surface area contributed by atoms with E-state index in [-0.39, 0.29) is 18.4 Å². The van der Waals surface area contributed by atoms with E-state index in [4.69, 9.17) is 16.7 Å². The molecule has 0 fully saturated rings. The van der Waals surface area contributed by atoms with Gasteiger partial charge < -0.3 is 10.1 Å². The summed E-state index contributed by atoms with van der Waals surface area (Å²) in [5, 5.41) is 10.0. The molecule has 0 radical (unpaired) electrons. The molecule has 0 saturated carbocycles. The van der Waals surface area contributed by atoms with Gasteiger partial charge in [-0.2, -0.15) is 0 Å². The number of halogens is 1. The van der Waals surface area contributed by atoms with Crippen molar-refractivity contribution in [3.8, 4) is 0 Å². The molecule has 0 spiro atoms. The molecule has 1 aromatic carbocycles. The van der Waals surface area contributed by atoms with E-state index in [1.54, 1.807) is 12.1 Å². The van der Waals surface area contributed by atoms with E-state index in [1.807, 2.05) is 13.0 Å². The fourth-order valence-corrected chi connectivity index (χ4v) is 2.24. The molecular formula is C13H12ClNO3. The Morgan fingerprint density at radius 3 is 2.83 bits per heavy atom. The van der Waals surface area contributed by atoms with Crippen LogP contribution >= 0.6 is 11.6 Å². The van der Waals surface area contributed by atoms with Crippen LogP contribution in [0.1, 0.15) is 17.5 Å². The number of rotatable bonds is 3. The second-order valence-corrected chi connectivity index (χ2v) is 4.52. The van der Waals surface area contributed by atoms with Gasteiger partial charge in [-0.1, -0.05) is 23.7 Å². The molecule has 0 bridgehead atoms. The number of aromatic amines is 1. The van der Waals surface area contributed by atoms with Gasteiger partial charge in [0, 0.05) is 17.4 Å². The van der Waals surface area contributed by atoms with E-state index < -0.39 is 5.97 Å². The number of H-pyrrole nitrogens is 1. The van der Waals surface area contributed by atoms with Crippen LogP contribution in [-0.2, 0) is 11.2 Å². The number of carboxylic acids is 1. The van der Waals surface area contributed by atoms with E-state index in [0.717, 1.165) is 10.9 Å². The highest BCUT2D eigenvalue weighted by Gasteiger charge is 2.11. The van der Waals surface area contributed by atoms with Crippen LogP contribution in [0, 0.1) is 6.92 Å². The highest BCUT2D eigenvalue weighted by Crippen LogP contribution is 2.24. The van der Waals surface area contributed by atoms with E-state index in [9.17, 15) is 9.59 Å². The number of pyridine rings is 1. The zero-order valence-electron chi connectivity index (χ0n) is 9.79. The summed E-state index contributed by atoms with van der Waals surface area (Å²) in [7, 11) is 0. The third-order valence-corrected chi connectivity index (χ3v) is 3.29. The first-order valence-corrected chi connectivity index (χ1v) is 5.90. The Morgan fingerprint density at radius 2 is 2.17 bits per heavy atom. The Morgan fingerprint density at radius 1 is 1.44 bits per heavy atom. The number of aliphatic carboxylic acids is 1. The van der Waals surface area contributed by atoms with Gasteiger partial charge in [0.1, 0.15) is 0 Å². The number of aromatic nitrogens is 1. The summed E-state index contributed by atoms with van der Waals surface area (Å²) in [5.41, 5.74) is 1.62. The normalized spacial score (nSPS) is 10.8. The fourth-order valence-electron chi connectivity index (χ4n) is 2.02. The molecule has 1 heterocycles. The van der Waals surface area contributed by atoms with Gasteiger partial charge in [-0.3, -0.25) is 9.59 Å². The van der Waals surface area contributed by atoms with Crippen molar-refractivity contribution >= 4 is 28.5 Å². The molecule has 0 unspecified atom stereocenters. The molecule has 0 aliphatic heterocycles. The van der Waals surface area contributed by atoms with Gasteiger partial charge in [0.15, 0.2) is 0 Å². The van der Waals surface area contributed by atoms with Gasteiger partial charge in [0.2, 0.25) is 0 Å². The minimum Gasteiger partial charge on any atom is -0.481 e. The predicted molar refractivity (Wildman–Crippen MR) is 70.3 cm³/mol. The van der Waals surface area contributed by atoms with Crippen molar-refractivity contribution in [2.24, 2.45) is 0 Å². The molecule has 2 N–H and O–H groups in total. The number of carboxylic acid groups (broad SMARTS) is 1. The van der Waals surface area contributed by atoms with Crippen LogP contribution in [-0.4, -0.2) is 16.1 Å². The maximum atomic E-state index is 11.9. The average Bonchev–Trinajstić information content (AvgIpc) is 2.30. The predicted octanol–water partition coefficient (Wildman–Crippen LogP) is 2.51. The van der Waals surface area contributed by atoms with Gasteiger partial charge in [-0.05, 0) is 25.0 Å². The third-order valence-electron chi connectivity index (χ3n) is 2.97. The zero-order valence-corrected chi connectivity index (χ0v) is 10.5. The first-order valence-electron chi connectivity index (χ1n) is 5.52. The van der Waals surface area contributed by atoms with Crippen LogP contribution < -0.4 is 5.56 Å². The number of hydrogen-bond acceptors (Lipinski definition) is 2. The Hall–Kier alpha value is -1.81. The fraction of sp³-hybridized carbons (Fsp3) is 0.231. The van der Waals surface area contributed by atoms with E-state index in [2.05, 4.69) is 4.98 Å². The van der Waals surface area contributed by atoms with Gasteiger partial charge in [0.25, 0.3) is 5.56 Å².